The highest BCUT2D eigenvalue weighted by Gasteiger charge is 2.46. The summed E-state index contributed by atoms with van der Waals surface area (Å²) in [5, 5.41) is 7.22. The summed E-state index contributed by atoms with van der Waals surface area (Å²) >= 11 is 0. The summed E-state index contributed by atoms with van der Waals surface area (Å²) in [7, 11) is 0. The van der Waals surface area contributed by atoms with E-state index in [0.29, 0.717) is 0 Å². The lowest BCUT2D eigenvalue weighted by molar-refractivity contribution is 0.590. The topological polar surface area (TPSA) is 21.3 Å². The Morgan fingerprint density at radius 3 is 1.93 bits per heavy atom. The quantitative estimate of drug-likeness (QED) is 0.167. The molecule has 0 spiro atoms. The highest BCUT2D eigenvalue weighted by Crippen LogP contribution is 2.50. The maximum absolute atomic E-state index is 7.09. The van der Waals surface area contributed by atoms with Crippen LogP contribution >= 0.6 is 0 Å². The molecule has 0 atom stereocenters. The zero-order valence-electron chi connectivity index (χ0n) is 33.7. The van der Waals surface area contributed by atoms with Crippen LogP contribution in [-0.4, -0.2) is 11.4 Å². The van der Waals surface area contributed by atoms with Crippen LogP contribution in [0.25, 0.3) is 93.6 Å². The molecule has 11 aromatic rings. The van der Waals surface area contributed by atoms with Crippen molar-refractivity contribution in [1.82, 2.24) is 4.57 Å². The third kappa shape index (κ3) is 4.62. The fraction of sp³-hybridized carbons (Fsp3) is 0.0714. The van der Waals surface area contributed by atoms with Crippen LogP contribution in [-0.2, 0) is 5.41 Å². The molecule has 0 bridgehead atoms. The molecule has 0 saturated carbocycles. The molecule has 0 N–H and O–H groups in total. The lowest BCUT2D eigenvalue weighted by atomic mass is 9.43. The van der Waals surface area contributed by atoms with Gasteiger partial charge in [0, 0.05) is 43.9 Å². The fourth-order valence-electron chi connectivity index (χ4n) is 10.5. The second-order valence-corrected chi connectivity index (χ2v) is 17.7. The number of furan rings is 1. The van der Waals surface area contributed by atoms with E-state index in [1.807, 2.05) is 0 Å². The number of rotatable bonds is 3. The van der Waals surface area contributed by atoms with Gasteiger partial charge in [0.1, 0.15) is 5.58 Å². The molecule has 60 heavy (non-hydrogen) atoms. The third-order valence-electron chi connectivity index (χ3n) is 13.3. The number of fused-ring (bicyclic) bond motifs is 13. The van der Waals surface area contributed by atoms with Crippen molar-refractivity contribution in [3.05, 3.63) is 188 Å². The van der Waals surface area contributed by atoms with Gasteiger partial charge in [0.05, 0.1) is 16.7 Å². The van der Waals surface area contributed by atoms with E-state index in [4.69, 9.17) is 4.42 Å². The molecular weight excluding hydrogens is 727 g/mol. The number of nitrogens with zero attached hydrogens (tertiary/aromatic N) is 2. The molecular formula is C56H39BN2O. The van der Waals surface area contributed by atoms with Crippen LogP contribution in [0.3, 0.4) is 0 Å². The van der Waals surface area contributed by atoms with E-state index >= 15 is 0 Å². The van der Waals surface area contributed by atoms with Crippen molar-refractivity contribution in [1.29, 1.82) is 0 Å². The number of anilines is 2. The molecule has 4 heteroatoms. The summed E-state index contributed by atoms with van der Waals surface area (Å²) < 4.78 is 9.64. The van der Waals surface area contributed by atoms with E-state index in [-0.39, 0.29) is 12.3 Å². The summed E-state index contributed by atoms with van der Waals surface area (Å²) in [5.41, 5.74) is 19.0. The lowest BCUT2D eigenvalue weighted by Crippen LogP contribution is -2.60. The number of hydrogen-bond donors (Lipinski definition) is 0. The van der Waals surface area contributed by atoms with Crippen LogP contribution in [0.2, 0.25) is 0 Å². The van der Waals surface area contributed by atoms with Crippen molar-refractivity contribution in [3.63, 3.8) is 0 Å². The molecule has 4 heterocycles. The van der Waals surface area contributed by atoms with E-state index in [2.05, 4.69) is 212 Å². The Labute approximate surface area is 348 Å². The second-order valence-electron chi connectivity index (χ2n) is 17.7. The highest BCUT2D eigenvalue weighted by atomic mass is 16.3. The monoisotopic (exact) mass is 766 g/mol. The first-order valence-corrected chi connectivity index (χ1v) is 21.0. The number of benzene rings is 9. The molecule has 9 aromatic carbocycles. The van der Waals surface area contributed by atoms with Gasteiger partial charge in [-0.25, -0.2) is 0 Å². The molecule has 0 saturated heterocycles. The van der Waals surface area contributed by atoms with Gasteiger partial charge in [-0.05, 0) is 97.6 Å². The Morgan fingerprint density at radius 1 is 0.483 bits per heavy atom. The molecule has 3 nitrogen and oxygen atoms in total. The molecule has 2 aliphatic rings. The van der Waals surface area contributed by atoms with Gasteiger partial charge in [0.2, 0.25) is 0 Å². The minimum absolute atomic E-state index is 0.0260. The van der Waals surface area contributed by atoms with E-state index < -0.39 is 0 Å². The number of para-hydroxylation sites is 1. The van der Waals surface area contributed by atoms with Crippen molar-refractivity contribution in [2.45, 2.75) is 26.2 Å². The normalized spacial score (nSPS) is 13.2. The van der Waals surface area contributed by atoms with E-state index in [1.165, 1.54) is 93.8 Å². The van der Waals surface area contributed by atoms with Crippen LogP contribution in [0.4, 0.5) is 11.4 Å². The van der Waals surface area contributed by atoms with Crippen LogP contribution in [0.15, 0.2) is 186 Å². The average molecular weight is 767 g/mol. The molecule has 0 unspecified atom stereocenters. The zero-order valence-corrected chi connectivity index (χ0v) is 33.7. The first-order valence-electron chi connectivity index (χ1n) is 21.0. The van der Waals surface area contributed by atoms with Crippen molar-refractivity contribution in [3.8, 4) is 39.1 Å². The Morgan fingerprint density at radius 2 is 1.17 bits per heavy atom. The zero-order chi connectivity index (χ0) is 39.9. The summed E-state index contributed by atoms with van der Waals surface area (Å²) in [6.45, 7) is 6.72. The first kappa shape index (κ1) is 33.7. The minimum atomic E-state index is -0.164. The SMILES string of the molecule is CC(C)(C)c1ccc(N2B3c4c(cc5c(oc6ccccc65)c4-n4c5ccc(-c6ccccc6)cc5c5cc(-c6ccccc6)cc3c54)-c3ccc4ccccc4c32)cc1. The van der Waals surface area contributed by atoms with Crippen molar-refractivity contribution in [2.75, 3.05) is 4.81 Å². The Balaban J connectivity index is 1.25. The standard InChI is InChI=1S/C56H39BN2O/c1-56(2,3)39-24-26-40(27-25-39)59-52-41-19-11-10-18-36(41)22-28-43(52)45-33-47-42-20-12-13-21-50(42)60-55(47)54-51(45)57(59)48-32-38(35-16-8-5-9-17-35)31-46-44-30-37(34-14-6-4-7-15-34)23-29-49(44)58(54)53(46)48/h4-33H,1-3H3. The van der Waals surface area contributed by atoms with Gasteiger partial charge in [-0.15, -0.1) is 0 Å². The molecule has 13 rings (SSSR count). The van der Waals surface area contributed by atoms with Gasteiger partial charge in [-0.3, -0.25) is 0 Å². The Hall–Kier alpha value is -7.30. The van der Waals surface area contributed by atoms with E-state index in [0.717, 1.165) is 27.6 Å². The van der Waals surface area contributed by atoms with Gasteiger partial charge >= 0.3 is 6.85 Å². The van der Waals surface area contributed by atoms with Crippen molar-refractivity contribution < 1.29 is 4.42 Å². The average Bonchev–Trinajstić information content (AvgIpc) is 3.83. The van der Waals surface area contributed by atoms with E-state index in [9.17, 15) is 0 Å². The number of hydrogen-bond acceptors (Lipinski definition) is 2. The lowest BCUT2D eigenvalue weighted by Gasteiger charge is -2.43. The van der Waals surface area contributed by atoms with Crippen molar-refractivity contribution in [2.24, 2.45) is 0 Å². The third-order valence-corrected chi connectivity index (χ3v) is 13.3. The minimum Gasteiger partial charge on any atom is -0.454 e. The smallest absolute Gasteiger partial charge is 0.333 e. The van der Waals surface area contributed by atoms with Gasteiger partial charge in [-0.1, -0.05) is 160 Å². The van der Waals surface area contributed by atoms with Crippen LogP contribution < -0.4 is 15.7 Å². The van der Waals surface area contributed by atoms with Crippen molar-refractivity contribution >= 4 is 83.7 Å². The van der Waals surface area contributed by atoms with Crippen LogP contribution in [0.1, 0.15) is 26.3 Å². The maximum atomic E-state index is 7.09. The molecule has 0 radical (unpaired) electrons. The Kier molecular flexibility index (Phi) is 6.80. The fourth-order valence-corrected chi connectivity index (χ4v) is 10.5. The van der Waals surface area contributed by atoms with Gasteiger partial charge in [-0.2, -0.15) is 0 Å². The maximum Gasteiger partial charge on any atom is 0.333 e. The second kappa shape index (κ2) is 12.1. The predicted molar refractivity (Wildman–Crippen MR) is 254 cm³/mol. The number of aromatic nitrogens is 1. The molecule has 0 fully saturated rings. The highest BCUT2D eigenvalue weighted by molar-refractivity contribution is 6.94. The van der Waals surface area contributed by atoms with Gasteiger partial charge in [0.25, 0.3) is 0 Å². The van der Waals surface area contributed by atoms with Crippen LogP contribution in [0.5, 0.6) is 0 Å². The summed E-state index contributed by atoms with van der Waals surface area (Å²) in [5.74, 6) is 0. The summed E-state index contributed by atoms with van der Waals surface area (Å²) in [6, 6.07) is 67.5. The largest absolute Gasteiger partial charge is 0.454 e. The van der Waals surface area contributed by atoms with Crippen LogP contribution in [0, 0.1) is 0 Å². The summed E-state index contributed by atoms with van der Waals surface area (Å²) in [4.78, 5) is 2.66. The molecule has 2 aromatic heterocycles. The molecule has 282 valence electrons. The summed E-state index contributed by atoms with van der Waals surface area (Å²) in [6.07, 6.45) is 0. The molecule has 0 amide bonds. The van der Waals surface area contributed by atoms with Gasteiger partial charge < -0.3 is 13.8 Å². The predicted octanol–water partition coefficient (Wildman–Crippen LogP) is 13.7. The first-order chi connectivity index (χ1) is 29.4. The molecule has 0 aliphatic carbocycles. The molecule has 2 aliphatic heterocycles. The Bertz CT molecular complexity index is 3570. The van der Waals surface area contributed by atoms with E-state index in [1.54, 1.807) is 0 Å². The van der Waals surface area contributed by atoms with Gasteiger partial charge in [0.15, 0.2) is 5.58 Å².